The number of carboxylic acid groups (broad SMARTS) is 1. The number of carbonyl (C=O) groups excluding carboxylic acids is 1. The zero-order valence-corrected chi connectivity index (χ0v) is 13.2. The van der Waals surface area contributed by atoms with E-state index in [4.69, 9.17) is 0 Å². The second kappa shape index (κ2) is 6.41. The van der Waals surface area contributed by atoms with Gasteiger partial charge in [-0.25, -0.2) is 4.79 Å². The number of rotatable bonds is 3. The minimum absolute atomic E-state index is 0.0966. The maximum Gasteiger partial charge on any atom is 0.326 e. The lowest BCUT2D eigenvalue weighted by atomic mass is 9.91. The largest absolute Gasteiger partial charge is 0.480 e. The Kier molecular flexibility index (Phi) is 4.33. The topological polar surface area (TPSA) is 57.6 Å². The molecule has 2 aromatic rings. The zero-order valence-electron chi connectivity index (χ0n) is 13.2. The fourth-order valence-corrected chi connectivity index (χ4v) is 3.39. The highest BCUT2D eigenvalue weighted by Crippen LogP contribution is 2.25. The van der Waals surface area contributed by atoms with Gasteiger partial charge in [0.1, 0.15) is 6.04 Å². The number of nitrogens with zero attached hydrogens (tertiary/aromatic N) is 1. The molecule has 1 aliphatic rings. The Balaban J connectivity index is 1.84. The Morgan fingerprint density at radius 1 is 1.17 bits per heavy atom. The summed E-state index contributed by atoms with van der Waals surface area (Å²) in [4.78, 5) is 25.7. The summed E-state index contributed by atoms with van der Waals surface area (Å²) in [5.74, 6) is -0.652. The van der Waals surface area contributed by atoms with E-state index in [1.54, 1.807) is 4.90 Å². The average Bonchev–Trinajstić information content (AvgIpc) is 2.55. The molecule has 1 aliphatic heterocycles. The van der Waals surface area contributed by atoms with Crippen LogP contribution in [0.1, 0.15) is 25.3 Å². The number of likely N-dealkylation sites (tertiary alicyclic amines) is 1. The number of hydrogen-bond acceptors (Lipinski definition) is 2. The van der Waals surface area contributed by atoms with Crippen molar-refractivity contribution < 1.29 is 14.7 Å². The van der Waals surface area contributed by atoms with Crippen LogP contribution in [0.25, 0.3) is 10.8 Å². The van der Waals surface area contributed by atoms with E-state index >= 15 is 0 Å². The highest BCUT2D eigenvalue weighted by molar-refractivity contribution is 5.91. The molecule has 120 valence electrons. The van der Waals surface area contributed by atoms with E-state index in [-0.39, 0.29) is 12.3 Å². The van der Waals surface area contributed by atoms with Crippen molar-refractivity contribution in [3.63, 3.8) is 0 Å². The van der Waals surface area contributed by atoms with Gasteiger partial charge in [0.25, 0.3) is 0 Å². The molecule has 4 heteroatoms. The molecule has 1 heterocycles. The molecule has 1 N–H and O–H groups in total. The van der Waals surface area contributed by atoms with Crippen LogP contribution in [0, 0.1) is 5.92 Å². The van der Waals surface area contributed by atoms with Crippen LogP contribution in [-0.4, -0.2) is 34.5 Å². The fraction of sp³-hybridized carbons (Fsp3) is 0.368. The molecule has 4 nitrogen and oxygen atoms in total. The van der Waals surface area contributed by atoms with Crippen molar-refractivity contribution in [2.45, 2.75) is 32.2 Å². The smallest absolute Gasteiger partial charge is 0.326 e. The van der Waals surface area contributed by atoms with E-state index < -0.39 is 12.0 Å². The minimum atomic E-state index is -0.900. The van der Waals surface area contributed by atoms with Gasteiger partial charge >= 0.3 is 5.97 Å². The fourth-order valence-electron chi connectivity index (χ4n) is 3.39. The van der Waals surface area contributed by atoms with E-state index in [1.807, 2.05) is 49.4 Å². The highest BCUT2D eigenvalue weighted by Gasteiger charge is 2.34. The molecule has 2 aromatic carbocycles. The van der Waals surface area contributed by atoms with Crippen LogP contribution in [-0.2, 0) is 16.0 Å². The van der Waals surface area contributed by atoms with Crippen LogP contribution in [0.2, 0.25) is 0 Å². The van der Waals surface area contributed by atoms with E-state index in [0.717, 1.165) is 22.8 Å². The van der Waals surface area contributed by atoms with Gasteiger partial charge in [-0.2, -0.15) is 0 Å². The Hall–Kier alpha value is -2.36. The summed E-state index contributed by atoms with van der Waals surface area (Å²) >= 11 is 0. The van der Waals surface area contributed by atoms with Crippen molar-refractivity contribution in [2.75, 3.05) is 6.54 Å². The van der Waals surface area contributed by atoms with Gasteiger partial charge in [0, 0.05) is 6.54 Å². The van der Waals surface area contributed by atoms with Crippen molar-refractivity contribution >= 4 is 22.6 Å². The molecule has 0 bridgehead atoms. The van der Waals surface area contributed by atoms with Crippen LogP contribution in [0.3, 0.4) is 0 Å². The van der Waals surface area contributed by atoms with Gasteiger partial charge in [-0.05, 0) is 35.1 Å². The average molecular weight is 311 g/mol. The first-order valence-electron chi connectivity index (χ1n) is 8.05. The van der Waals surface area contributed by atoms with Gasteiger partial charge in [-0.1, -0.05) is 49.4 Å². The summed E-state index contributed by atoms with van der Waals surface area (Å²) in [6.07, 6.45) is 1.65. The normalized spacial score (nSPS) is 21.3. The molecule has 23 heavy (non-hydrogen) atoms. The molecule has 2 atom stereocenters. The van der Waals surface area contributed by atoms with Gasteiger partial charge in [0.15, 0.2) is 0 Å². The lowest BCUT2D eigenvalue weighted by molar-refractivity contribution is -0.152. The van der Waals surface area contributed by atoms with Gasteiger partial charge in [0.05, 0.1) is 6.42 Å². The quantitative estimate of drug-likeness (QED) is 0.947. The van der Waals surface area contributed by atoms with Gasteiger partial charge in [0.2, 0.25) is 5.91 Å². The maximum absolute atomic E-state index is 12.7. The third-order valence-corrected chi connectivity index (χ3v) is 4.69. The first-order chi connectivity index (χ1) is 11.1. The Bertz CT molecular complexity index is 735. The maximum atomic E-state index is 12.7. The molecule has 0 spiro atoms. The van der Waals surface area contributed by atoms with Crippen molar-refractivity contribution in [2.24, 2.45) is 5.92 Å². The Morgan fingerprint density at radius 2 is 1.91 bits per heavy atom. The van der Waals surface area contributed by atoms with Crippen LogP contribution < -0.4 is 0 Å². The predicted molar refractivity (Wildman–Crippen MR) is 89.2 cm³/mol. The highest BCUT2D eigenvalue weighted by atomic mass is 16.4. The monoisotopic (exact) mass is 311 g/mol. The molecule has 0 saturated carbocycles. The van der Waals surface area contributed by atoms with Crippen LogP contribution in [0.4, 0.5) is 0 Å². The van der Waals surface area contributed by atoms with E-state index in [2.05, 4.69) is 0 Å². The summed E-state index contributed by atoms with van der Waals surface area (Å²) in [6, 6.07) is 13.2. The molecule has 1 amide bonds. The second-order valence-corrected chi connectivity index (χ2v) is 6.39. The van der Waals surface area contributed by atoms with Crippen molar-refractivity contribution in [3.8, 4) is 0 Å². The first kappa shape index (κ1) is 15.5. The standard InChI is InChI=1S/C19H21NO3/c1-13-9-10-20(17(11-13)19(22)23)18(21)12-15-7-4-6-14-5-2-3-8-16(14)15/h2-8,13,17H,9-12H2,1H3,(H,22,23). The summed E-state index contributed by atoms with van der Waals surface area (Å²) < 4.78 is 0. The summed E-state index contributed by atoms with van der Waals surface area (Å²) in [5.41, 5.74) is 0.955. The summed E-state index contributed by atoms with van der Waals surface area (Å²) in [7, 11) is 0. The van der Waals surface area contributed by atoms with Gasteiger partial charge in [-0.15, -0.1) is 0 Å². The molecule has 2 unspecified atom stereocenters. The minimum Gasteiger partial charge on any atom is -0.480 e. The van der Waals surface area contributed by atoms with Gasteiger partial charge in [-0.3, -0.25) is 4.79 Å². The van der Waals surface area contributed by atoms with Crippen LogP contribution >= 0.6 is 0 Å². The molecule has 0 aromatic heterocycles. The molecular weight excluding hydrogens is 290 g/mol. The molecule has 0 radical (unpaired) electrons. The van der Waals surface area contributed by atoms with E-state index in [1.165, 1.54) is 0 Å². The number of fused-ring (bicyclic) bond motifs is 1. The molecule has 1 fully saturated rings. The third-order valence-electron chi connectivity index (χ3n) is 4.69. The number of hydrogen-bond donors (Lipinski definition) is 1. The van der Waals surface area contributed by atoms with Gasteiger partial charge < -0.3 is 10.0 Å². The number of amides is 1. The van der Waals surface area contributed by atoms with Crippen LogP contribution in [0.15, 0.2) is 42.5 Å². The van der Waals surface area contributed by atoms with E-state index in [9.17, 15) is 14.7 Å². The number of carbonyl (C=O) groups is 2. The SMILES string of the molecule is CC1CCN(C(=O)Cc2cccc3ccccc23)C(C(=O)O)C1. The summed E-state index contributed by atoms with van der Waals surface area (Å²) in [5, 5.41) is 11.6. The first-order valence-corrected chi connectivity index (χ1v) is 8.05. The van der Waals surface area contributed by atoms with Crippen molar-refractivity contribution in [1.29, 1.82) is 0 Å². The molecular formula is C19H21NO3. The van der Waals surface area contributed by atoms with Crippen molar-refractivity contribution in [1.82, 2.24) is 4.90 Å². The lowest BCUT2D eigenvalue weighted by Gasteiger charge is -2.36. The van der Waals surface area contributed by atoms with Crippen LogP contribution in [0.5, 0.6) is 0 Å². The molecule has 1 saturated heterocycles. The lowest BCUT2D eigenvalue weighted by Crippen LogP contribution is -2.50. The zero-order chi connectivity index (χ0) is 16.4. The predicted octanol–water partition coefficient (Wildman–Crippen LogP) is 3.09. The second-order valence-electron chi connectivity index (χ2n) is 6.39. The summed E-state index contributed by atoms with van der Waals surface area (Å²) in [6.45, 7) is 2.57. The Labute approximate surface area is 135 Å². The molecule has 3 rings (SSSR count). The number of benzene rings is 2. The van der Waals surface area contributed by atoms with Crippen molar-refractivity contribution in [3.05, 3.63) is 48.0 Å². The van der Waals surface area contributed by atoms with E-state index in [0.29, 0.717) is 18.9 Å². The third kappa shape index (κ3) is 3.21. The Morgan fingerprint density at radius 3 is 2.70 bits per heavy atom. The number of aliphatic carboxylic acids is 1. The number of piperidine rings is 1. The molecule has 0 aliphatic carbocycles. The number of carboxylic acids is 1.